The molecule has 0 unspecified atom stereocenters. The Morgan fingerprint density at radius 2 is 1.94 bits per heavy atom. The van der Waals surface area contributed by atoms with Crippen molar-refractivity contribution in [1.82, 2.24) is 0 Å². The largest absolute Gasteiger partial charge is 0.496 e. The Morgan fingerprint density at radius 3 is 2.50 bits per heavy atom. The Morgan fingerprint density at radius 1 is 1.22 bits per heavy atom. The first-order valence-corrected chi connectivity index (χ1v) is 7.52. The van der Waals surface area contributed by atoms with E-state index >= 15 is 0 Å². The third kappa shape index (κ3) is 2.51. The van der Waals surface area contributed by atoms with Crippen LogP contribution >= 0.6 is 11.6 Å². The maximum Gasteiger partial charge on any atom is 0.122 e. The summed E-state index contributed by atoms with van der Waals surface area (Å²) in [5, 5.41) is 0. The van der Waals surface area contributed by atoms with Gasteiger partial charge in [-0.3, -0.25) is 0 Å². The minimum atomic E-state index is 0.204. The van der Waals surface area contributed by atoms with E-state index in [0.717, 1.165) is 18.1 Å². The molecule has 1 aromatic carbocycles. The maximum absolute atomic E-state index is 6.31. The van der Waals surface area contributed by atoms with Crippen molar-refractivity contribution < 1.29 is 4.74 Å². The second-order valence-electron chi connectivity index (χ2n) is 5.35. The molecular formula is C16H23ClO. The molecule has 1 aliphatic carbocycles. The van der Waals surface area contributed by atoms with Crippen molar-refractivity contribution in [1.29, 1.82) is 0 Å². The van der Waals surface area contributed by atoms with Crippen LogP contribution in [0.5, 0.6) is 5.75 Å². The van der Waals surface area contributed by atoms with Crippen molar-refractivity contribution in [3.05, 3.63) is 29.3 Å². The molecule has 1 aliphatic rings. The highest BCUT2D eigenvalue weighted by molar-refractivity contribution is 6.18. The topological polar surface area (TPSA) is 9.23 Å². The molecule has 18 heavy (non-hydrogen) atoms. The molecule has 1 nitrogen and oxygen atoms in total. The molecule has 0 spiro atoms. The van der Waals surface area contributed by atoms with Crippen molar-refractivity contribution in [2.75, 3.05) is 13.0 Å². The van der Waals surface area contributed by atoms with Gasteiger partial charge in [0.15, 0.2) is 0 Å². The molecule has 0 saturated heterocycles. The predicted octanol–water partition coefficient (Wildman–Crippen LogP) is 4.70. The molecule has 0 N–H and O–H groups in total. The van der Waals surface area contributed by atoms with Gasteiger partial charge in [0.05, 0.1) is 7.11 Å². The minimum Gasteiger partial charge on any atom is -0.496 e. The van der Waals surface area contributed by atoms with E-state index in [1.165, 1.54) is 43.2 Å². The summed E-state index contributed by atoms with van der Waals surface area (Å²) < 4.78 is 5.41. The summed E-state index contributed by atoms with van der Waals surface area (Å²) in [5.41, 5.74) is 2.91. The first-order chi connectivity index (χ1) is 8.75. The summed E-state index contributed by atoms with van der Waals surface area (Å²) in [6.07, 6.45) is 7.43. The van der Waals surface area contributed by atoms with Gasteiger partial charge in [0.2, 0.25) is 0 Å². The number of methoxy groups -OCH3 is 1. The third-order valence-corrected chi connectivity index (χ3v) is 4.85. The van der Waals surface area contributed by atoms with Gasteiger partial charge in [-0.25, -0.2) is 0 Å². The van der Waals surface area contributed by atoms with Crippen molar-refractivity contribution in [2.45, 2.75) is 50.9 Å². The van der Waals surface area contributed by atoms with E-state index < -0.39 is 0 Å². The van der Waals surface area contributed by atoms with E-state index in [1.807, 2.05) is 0 Å². The highest BCUT2D eigenvalue weighted by atomic mass is 35.5. The number of halogens is 1. The molecule has 0 atom stereocenters. The third-order valence-electron chi connectivity index (χ3n) is 4.34. The molecule has 0 bridgehead atoms. The van der Waals surface area contributed by atoms with Gasteiger partial charge in [0.1, 0.15) is 5.75 Å². The van der Waals surface area contributed by atoms with Crippen molar-refractivity contribution in [3.63, 3.8) is 0 Å². The van der Waals surface area contributed by atoms with Crippen LogP contribution < -0.4 is 4.74 Å². The van der Waals surface area contributed by atoms with Crippen molar-refractivity contribution >= 4 is 11.6 Å². The number of benzene rings is 1. The Labute approximate surface area is 115 Å². The monoisotopic (exact) mass is 266 g/mol. The molecule has 0 aromatic heterocycles. The zero-order valence-electron chi connectivity index (χ0n) is 11.5. The van der Waals surface area contributed by atoms with Gasteiger partial charge in [0, 0.05) is 11.3 Å². The van der Waals surface area contributed by atoms with Crippen LogP contribution in [0.2, 0.25) is 0 Å². The Bertz CT molecular complexity index is 394. The van der Waals surface area contributed by atoms with E-state index in [-0.39, 0.29) is 5.41 Å². The fraction of sp³-hybridized carbons (Fsp3) is 0.625. The van der Waals surface area contributed by atoms with Crippen molar-refractivity contribution in [3.8, 4) is 5.75 Å². The molecule has 1 aromatic rings. The van der Waals surface area contributed by atoms with Crippen LogP contribution in [-0.2, 0) is 11.8 Å². The summed E-state index contributed by atoms with van der Waals surface area (Å²) >= 11 is 6.31. The number of hydrogen-bond acceptors (Lipinski definition) is 1. The molecule has 2 rings (SSSR count). The Hall–Kier alpha value is -0.690. The van der Waals surface area contributed by atoms with E-state index in [1.54, 1.807) is 7.11 Å². The van der Waals surface area contributed by atoms with E-state index in [0.29, 0.717) is 0 Å². The molecule has 2 heteroatoms. The van der Waals surface area contributed by atoms with Gasteiger partial charge < -0.3 is 4.74 Å². The second-order valence-corrected chi connectivity index (χ2v) is 5.62. The Kier molecular flexibility index (Phi) is 4.55. The molecule has 100 valence electrons. The molecule has 0 radical (unpaired) electrons. The van der Waals surface area contributed by atoms with Gasteiger partial charge >= 0.3 is 0 Å². The lowest BCUT2D eigenvalue weighted by Gasteiger charge is -2.36. The summed E-state index contributed by atoms with van der Waals surface area (Å²) in [7, 11) is 1.74. The lowest BCUT2D eigenvalue weighted by Crippen LogP contribution is -2.31. The first kappa shape index (κ1) is 13.7. The minimum absolute atomic E-state index is 0.204. The number of hydrogen-bond donors (Lipinski definition) is 0. The number of rotatable bonds is 4. The van der Waals surface area contributed by atoms with Crippen LogP contribution in [-0.4, -0.2) is 13.0 Å². The smallest absolute Gasteiger partial charge is 0.122 e. The zero-order chi connectivity index (χ0) is 13.0. The molecule has 0 aliphatic heterocycles. The first-order valence-electron chi connectivity index (χ1n) is 6.99. The molecule has 1 fully saturated rings. The Balaban J connectivity index is 2.36. The summed E-state index contributed by atoms with van der Waals surface area (Å²) in [6, 6.07) is 6.63. The lowest BCUT2D eigenvalue weighted by atomic mass is 9.70. The van der Waals surface area contributed by atoms with Gasteiger partial charge in [-0.15, -0.1) is 11.6 Å². The highest BCUT2D eigenvalue weighted by Gasteiger charge is 2.33. The standard InChI is InChI=1S/C16H23ClO/c1-3-13-11-14(7-8-15(13)18-2)16(12-17)9-5-4-6-10-16/h7-8,11H,3-6,9-10,12H2,1-2H3. The van der Waals surface area contributed by atoms with E-state index in [9.17, 15) is 0 Å². The summed E-state index contributed by atoms with van der Waals surface area (Å²) in [4.78, 5) is 0. The molecule has 0 heterocycles. The maximum atomic E-state index is 6.31. The fourth-order valence-corrected chi connectivity index (χ4v) is 3.53. The fourth-order valence-electron chi connectivity index (χ4n) is 3.11. The molecule has 1 saturated carbocycles. The van der Waals surface area contributed by atoms with Crippen LogP contribution in [0.4, 0.5) is 0 Å². The van der Waals surface area contributed by atoms with E-state index in [4.69, 9.17) is 16.3 Å². The van der Waals surface area contributed by atoms with Crippen LogP contribution in [0.25, 0.3) is 0 Å². The predicted molar refractivity (Wildman–Crippen MR) is 77.9 cm³/mol. The second kappa shape index (κ2) is 5.97. The van der Waals surface area contributed by atoms with Crippen LogP contribution in [0.3, 0.4) is 0 Å². The average molecular weight is 267 g/mol. The quantitative estimate of drug-likeness (QED) is 0.718. The highest BCUT2D eigenvalue weighted by Crippen LogP contribution is 2.41. The van der Waals surface area contributed by atoms with Crippen LogP contribution in [0, 0.1) is 0 Å². The molecular weight excluding hydrogens is 244 g/mol. The van der Waals surface area contributed by atoms with Gasteiger partial charge in [0.25, 0.3) is 0 Å². The number of ether oxygens (including phenoxy) is 1. The number of alkyl halides is 1. The lowest BCUT2D eigenvalue weighted by molar-refractivity contribution is 0.323. The molecule has 0 amide bonds. The van der Waals surface area contributed by atoms with Gasteiger partial charge in [-0.2, -0.15) is 0 Å². The summed E-state index contributed by atoms with van der Waals surface area (Å²) in [5.74, 6) is 1.74. The average Bonchev–Trinajstić information content (AvgIpc) is 2.47. The van der Waals surface area contributed by atoms with Crippen molar-refractivity contribution in [2.24, 2.45) is 0 Å². The van der Waals surface area contributed by atoms with Crippen LogP contribution in [0.1, 0.15) is 50.2 Å². The van der Waals surface area contributed by atoms with Crippen LogP contribution in [0.15, 0.2) is 18.2 Å². The zero-order valence-corrected chi connectivity index (χ0v) is 12.2. The summed E-state index contributed by atoms with van der Waals surface area (Å²) in [6.45, 7) is 2.18. The van der Waals surface area contributed by atoms with Gasteiger partial charge in [-0.05, 0) is 36.5 Å². The van der Waals surface area contributed by atoms with Gasteiger partial charge in [-0.1, -0.05) is 38.3 Å². The normalized spacial score (nSPS) is 18.6. The van der Waals surface area contributed by atoms with E-state index in [2.05, 4.69) is 25.1 Å². The number of aryl methyl sites for hydroxylation is 1. The SMILES string of the molecule is CCc1cc(C2(CCl)CCCCC2)ccc1OC.